The molecular weight excluding hydrogens is 233 g/mol. The predicted molar refractivity (Wildman–Crippen MR) is 68.0 cm³/mol. The van der Waals surface area contributed by atoms with Gasteiger partial charge >= 0.3 is 0 Å². The molecule has 2 N–H and O–H groups in total. The minimum atomic E-state index is -0.343. The zero-order chi connectivity index (χ0) is 13.0. The summed E-state index contributed by atoms with van der Waals surface area (Å²) in [6.07, 6.45) is 4.30. The molecule has 4 heteroatoms. The fraction of sp³-hybridized carbons (Fsp3) is 0.571. The molecule has 2 rings (SSSR count). The minimum absolute atomic E-state index is 0.0457. The smallest absolute Gasteiger partial charge is 0.170 e. The molecule has 1 fully saturated rings. The van der Waals surface area contributed by atoms with Crippen LogP contribution in [0.25, 0.3) is 0 Å². The van der Waals surface area contributed by atoms with Crippen molar-refractivity contribution in [3.05, 3.63) is 29.6 Å². The van der Waals surface area contributed by atoms with Crippen molar-refractivity contribution in [1.29, 1.82) is 0 Å². The van der Waals surface area contributed by atoms with E-state index in [9.17, 15) is 4.39 Å². The average molecular weight is 253 g/mol. The molecule has 0 radical (unpaired) electrons. The van der Waals surface area contributed by atoms with Gasteiger partial charge in [0.25, 0.3) is 0 Å². The van der Waals surface area contributed by atoms with E-state index in [4.69, 9.17) is 15.2 Å². The second kappa shape index (κ2) is 6.16. The summed E-state index contributed by atoms with van der Waals surface area (Å²) in [6.45, 7) is 0.251. The molecule has 1 aliphatic carbocycles. The molecule has 18 heavy (non-hydrogen) atoms. The highest BCUT2D eigenvalue weighted by molar-refractivity contribution is 5.30. The molecule has 100 valence electrons. The molecule has 0 aliphatic heterocycles. The van der Waals surface area contributed by atoms with Crippen LogP contribution in [0.15, 0.2) is 18.2 Å². The first-order chi connectivity index (χ1) is 8.72. The lowest BCUT2D eigenvalue weighted by atomic mass is 9.93. The molecule has 0 heterocycles. The van der Waals surface area contributed by atoms with Crippen LogP contribution in [0.3, 0.4) is 0 Å². The summed E-state index contributed by atoms with van der Waals surface area (Å²) in [5, 5.41) is 0. The second-order valence-corrected chi connectivity index (χ2v) is 4.73. The largest absolute Gasteiger partial charge is 0.494 e. The molecule has 1 aromatic carbocycles. The third-order valence-corrected chi connectivity index (χ3v) is 3.47. The first-order valence-electron chi connectivity index (χ1n) is 6.41. The van der Waals surface area contributed by atoms with Gasteiger partial charge in [-0.3, -0.25) is 0 Å². The summed E-state index contributed by atoms with van der Waals surface area (Å²) >= 11 is 0. The van der Waals surface area contributed by atoms with Crippen LogP contribution in [0.4, 0.5) is 4.39 Å². The zero-order valence-electron chi connectivity index (χ0n) is 10.7. The second-order valence-electron chi connectivity index (χ2n) is 4.73. The van der Waals surface area contributed by atoms with Crippen molar-refractivity contribution in [3.8, 4) is 5.75 Å². The van der Waals surface area contributed by atoms with Crippen LogP contribution in [0.1, 0.15) is 31.2 Å². The van der Waals surface area contributed by atoms with E-state index >= 15 is 0 Å². The number of hydrogen-bond acceptors (Lipinski definition) is 3. The Bertz CT molecular complexity index is 397. The number of methoxy groups -OCH3 is 1. The summed E-state index contributed by atoms with van der Waals surface area (Å²) in [5.41, 5.74) is 6.51. The normalized spacial score (nSPS) is 23.9. The summed E-state index contributed by atoms with van der Waals surface area (Å²) in [4.78, 5) is 0. The van der Waals surface area contributed by atoms with E-state index in [2.05, 4.69) is 0 Å². The van der Waals surface area contributed by atoms with Crippen molar-refractivity contribution in [3.63, 3.8) is 0 Å². The van der Waals surface area contributed by atoms with Gasteiger partial charge in [-0.1, -0.05) is 25.0 Å². The van der Waals surface area contributed by atoms with E-state index in [0.29, 0.717) is 5.56 Å². The fourth-order valence-corrected chi connectivity index (χ4v) is 2.35. The Balaban J connectivity index is 1.97. The van der Waals surface area contributed by atoms with E-state index in [1.165, 1.54) is 7.11 Å². The van der Waals surface area contributed by atoms with E-state index in [1.54, 1.807) is 18.2 Å². The molecule has 0 aromatic heterocycles. The summed E-state index contributed by atoms with van der Waals surface area (Å²) in [7, 11) is 1.46. The number of benzene rings is 1. The van der Waals surface area contributed by atoms with E-state index in [1.807, 2.05) is 0 Å². The van der Waals surface area contributed by atoms with Crippen molar-refractivity contribution in [2.45, 2.75) is 44.4 Å². The van der Waals surface area contributed by atoms with Crippen LogP contribution in [0.2, 0.25) is 0 Å². The summed E-state index contributed by atoms with van der Waals surface area (Å²) in [5.74, 6) is -0.0894. The van der Waals surface area contributed by atoms with Crippen LogP contribution in [-0.4, -0.2) is 19.3 Å². The lowest BCUT2D eigenvalue weighted by Crippen LogP contribution is -2.39. The van der Waals surface area contributed by atoms with E-state index in [0.717, 1.165) is 25.7 Å². The molecule has 0 spiro atoms. The van der Waals surface area contributed by atoms with Gasteiger partial charge in [0.2, 0.25) is 0 Å². The van der Waals surface area contributed by atoms with Gasteiger partial charge in [-0.05, 0) is 18.9 Å². The van der Waals surface area contributed by atoms with E-state index < -0.39 is 0 Å². The van der Waals surface area contributed by atoms with Crippen molar-refractivity contribution in [2.75, 3.05) is 7.11 Å². The maximum Gasteiger partial charge on any atom is 0.170 e. The van der Waals surface area contributed by atoms with Gasteiger partial charge in [0.05, 0.1) is 19.8 Å². The summed E-state index contributed by atoms with van der Waals surface area (Å²) in [6, 6.07) is 5.16. The molecule has 2 unspecified atom stereocenters. The Hall–Kier alpha value is -1.13. The Labute approximate surface area is 107 Å². The van der Waals surface area contributed by atoms with Crippen LogP contribution < -0.4 is 10.5 Å². The van der Waals surface area contributed by atoms with Crippen LogP contribution in [-0.2, 0) is 11.3 Å². The molecule has 1 saturated carbocycles. The van der Waals surface area contributed by atoms with Crippen LogP contribution in [0, 0.1) is 5.82 Å². The first kappa shape index (κ1) is 13.3. The number of nitrogens with two attached hydrogens (primary N) is 1. The molecular formula is C14H20FNO2. The monoisotopic (exact) mass is 253 g/mol. The predicted octanol–water partition coefficient (Wildman–Crippen LogP) is 2.62. The van der Waals surface area contributed by atoms with Crippen molar-refractivity contribution >= 4 is 0 Å². The van der Waals surface area contributed by atoms with Crippen molar-refractivity contribution in [1.82, 2.24) is 0 Å². The van der Waals surface area contributed by atoms with Crippen LogP contribution in [0.5, 0.6) is 5.75 Å². The maximum atomic E-state index is 13.9. The zero-order valence-corrected chi connectivity index (χ0v) is 10.7. The lowest BCUT2D eigenvalue weighted by Gasteiger charge is -2.28. The van der Waals surface area contributed by atoms with Gasteiger partial charge in [-0.15, -0.1) is 0 Å². The Kier molecular flexibility index (Phi) is 4.55. The number of ether oxygens (including phenoxy) is 2. The molecule has 3 nitrogen and oxygen atoms in total. The minimum Gasteiger partial charge on any atom is -0.494 e. The molecule has 0 amide bonds. The van der Waals surface area contributed by atoms with Gasteiger partial charge in [0.15, 0.2) is 11.6 Å². The molecule has 2 atom stereocenters. The summed E-state index contributed by atoms with van der Waals surface area (Å²) < 4.78 is 24.6. The quantitative estimate of drug-likeness (QED) is 0.897. The third kappa shape index (κ3) is 3.00. The Morgan fingerprint density at radius 2 is 2.11 bits per heavy atom. The highest BCUT2D eigenvalue weighted by atomic mass is 19.1. The fourth-order valence-electron chi connectivity index (χ4n) is 2.35. The van der Waals surface area contributed by atoms with Gasteiger partial charge in [0.1, 0.15) is 0 Å². The average Bonchev–Trinajstić information content (AvgIpc) is 2.39. The number of hydrogen-bond donors (Lipinski definition) is 1. The molecule has 1 aliphatic rings. The highest BCUT2D eigenvalue weighted by Gasteiger charge is 2.22. The number of rotatable bonds is 4. The maximum absolute atomic E-state index is 13.9. The Morgan fingerprint density at radius 1 is 1.33 bits per heavy atom. The lowest BCUT2D eigenvalue weighted by molar-refractivity contribution is 0.00275. The molecule has 0 saturated heterocycles. The van der Waals surface area contributed by atoms with Gasteiger partial charge in [-0.2, -0.15) is 0 Å². The highest BCUT2D eigenvalue weighted by Crippen LogP contribution is 2.24. The number of halogens is 1. The van der Waals surface area contributed by atoms with Crippen molar-refractivity contribution in [2.24, 2.45) is 5.73 Å². The van der Waals surface area contributed by atoms with Gasteiger partial charge in [-0.25, -0.2) is 4.39 Å². The van der Waals surface area contributed by atoms with Gasteiger partial charge in [0, 0.05) is 11.6 Å². The Morgan fingerprint density at radius 3 is 2.83 bits per heavy atom. The first-order valence-corrected chi connectivity index (χ1v) is 6.41. The standard InChI is InChI=1S/C14H20FNO2/c1-17-13-8-4-5-10(14(13)15)9-18-12-7-3-2-6-11(12)16/h4-5,8,11-12H,2-3,6-7,9,16H2,1H3. The van der Waals surface area contributed by atoms with Gasteiger partial charge < -0.3 is 15.2 Å². The molecule has 0 bridgehead atoms. The van der Waals surface area contributed by atoms with Crippen LogP contribution >= 0.6 is 0 Å². The topological polar surface area (TPSA) is 44.5 Å². The third-order valence-electron chi connectivity index (χ3n) is 3.47. The van der Waals surface area contributed by atoms with E-state index in [-0.39, 0.29) is 30.3 Å². The molecule has 1 aromatic rings. The van der Waals surface area contributed by atoms with Crippen molar-refractivity contribution < 1.29 is 13.9 Å². The SMILES string of the molecule is COc1cccc(COC2CCCCC2N)c1F.